The highest BCUT2D eigenvalue weighted by Gasteiger charge is 2.22. The predicted molar refractivity (Wildman–Crippen MR) is 74.1 cm³/mol. The van der Waals surface area contributed by atoms with Crippen LogP contribution in [0.1, 0.15) is 25.8 Å². The van der Waals surface area contributed by atoms with E-state index in [9.17, 15) is 14.0 Å². The molecule has 0 fully saturated rings. The monoisotopic (exact) mass is 301 g/mol. The minimum absolute atomic E-state index is 0.0698. The highest BCUT2D eigenvalue weighted by molar-refractivity contribution is 6.31. The van der Waals surface area contributed by atoms with E-state index in [1.807, 2.05) is 13.8 Å². The third-order valence-corrected chi connectivity index (χ3v) is 3.09. The summed E-state index contributed by atoms with van der Waals surface area (Å²) in [6.07, 6.45) is 0.0272. The number of hydrogen-bond donors (Lipinski definition) is 2. The van der Waals surface area contributed by atoms with Crippen LogP contribution in [-0.2, 0) is 16.0 Å². The molecule has 0 aliphatic heterocycles. The van der Waals surface area contributed by atoms with Crippen molar-refractivity contribution in [1.29, 1.82) is 0 Å². The van der Waals surface area contributed by atoms with Gasteiger partial charge in [-0.2, -0.15) is 0 Å². The number of benzene rings is 1. The summed E-state index contributed by atoms with van der Waals surface area (Å²) in [5.41, 5.74) is 0.0698. The van der Waals surface area contributed by atoms with Gasteiger partial charge in [-0.3, -0.25) is 4.79 Å². The third-order valence-electron chi connectivity index (χ3n) is 2.74. The zero-order chi connectivity index (χ0) is 15.3. The van der Waals surface area contributed by atoms with Crippen LogP contribution in [0.25, 0.3) is 0 Å². The second-order valence-corrected chi connectivity index (χ2v) is 5.37. The van der Waals surface area contributed by atoms with Crippen molar-refractivity contribution in [2.24, 2.45) is 5.92 Å². The molecule has 0 saturated heterocycles. The van der Waals surface area contributed by atoms with Gasteiger partial charge in [0.1, 0.15) is 11.9 Å². The number of carbonyl (C=O) groups is 2. The normalized spacial score (nSPS) is 12.2. The first-order chi connectivity index (χ1) is 9.31. The summed E-state index contributed by atoms with van der Waals surface area (Å²) in [6.45, 7) is 3.71. The first kappa shape index (κ1) is 16.4. The van der Waals surface area contributed by atoms with Gasteiger partial charge >= 0.3 is 5.97 Å². The molecule has 0 aromatic heterocycles. The van der Waals surface area contributed by atoms with Gasteiger partial charge in [-0.25, -0.2) is 9.18 Å². The second-order valence-electron chi connectivity index (χ2n) is 4.96. The van der Waals surface area contributed by atoms with Crippen LogP contribution in [0, 0.1) is 11.7 Å². The van der Waals surface area contributed by atoms with Gasteiger partial charge in [0, 0.05) is 10.6 Å². The first-order valence-corrected chi connectivity index (χ1v) is 6.64. The fourth-order valence-electron chi connectivity index (χ4n) is 1.80. The van der Waals surface area contributed by atoms with E-state index in [1.54, 1.807) is 0 Å². The van der Waals surface area contributed by atoms with Gasteiger partial charge in [-0.05, 0) is 24.5 Å². The molecule has 6 heteroatoms. The lowest BCUT2D eigenvalue weighted by Crippen LogP contribution is -2.42. The number of halogens is 2. The van der Waals surface area contributed by atoms with Gasteiger partial charge in [-0.1, -0.05) is 31.5 Å². The number of rotatable bonds is 6. The lowest BCUT2D eigenvalue weighted by molar-refractivity contribution is -0.142. The number of carboxylic acid groups (broad SMARTS) is 1. The molecule has 1 aromatic rings. The average molecular weight is 302 g/mol. The second kappa shape index (κ2) is 7.24. The van der Waals surface area contributed by atoms with Crippen molar-refractivity contribution in [2.75, 3.05) is 0 Å². The van der Waals surface area contributed by atoms with Gasteiger partial charge in [0.2, 0.25) is 5.91 Å². The predicted octanol–water partition coefficient (Wildman–Crippen LogP) is 2.64. The summed E-state index contributed by atoms with van der Waals surface area (Å²) < 4.78 is 13.5. The number of carbonyl (C=O) groups excluding carboxylic acids is 1. The van der Waals surface area contributed by atoms with E-state index >= 15 is 0 Å². The van der Waals surface area contributed by atoms with Gasteiger partial charge in [0.25, 0.3) is 0 Å². The highest BCUT2D eigenvalue weighted by Crippen LogP contribution is 2.19. The van der Waals surface area contributed by atoms with Crippen LogP contribution in [0.3, 0.4) is 0 Å². The Kier molecular flexibility index (Phi) is 5.95. The summed E-state index contributed by atoms with van der Waals surface area (Å²) in [4.78, 5) is 22.9. The number of aliphatic carboxylic acids is 1. The Morgan fingerprint density at radius 1 is 1.40 bits per heavy atom. The van der Waals surface area contributed by atoms with Crippen LogP contribution in [-0.4, -0.2) is 23.0 Å². The molecular formula is C14H17ClFNO3. The highest BCUT2D eigenvalue weighted by atomic mass is 35.5. The number of carboxylic acids is 1. The lowest BCUT2D eigenvalue weighted by atomic mass is 10.0. The largest absolute Gasteiger partial charge is 0.480 e. The van der Waals surface area contributed by atoms with Crippen molar-refractivity contribution >= 4 is 23.5 Å². The van der Waals surface area contributed by atoms with Gasteiger partial charge < -0.3 is 10.4 Å². The van der Waals surface area contributed by atoms with Crippen molar-refractivity contribution in [1.82, 2.24) is 5.32 Å². The smallest absolute Gasteiger partial charge is 0.326 e. The van der Waals surface area contributed by atoms with Crippen molar-refractivity contribution in [3.8, 4) is 0 Å². The van der Waals surface area contributed by atoms with E-state index in [-0.39, 0.29) is 22.9 Å². The molecule has 1 aromatic carbocycles. The Hall–Kier alpha value is -1.62. The van der Waals surface area contributed by atoms with Gasteiger partial charge in [0.05, 0.1) is 6.42 Å². The zero-order valence-electron chi connectivity index (χ0n) is 11.3. The maximum absolute atomic E-state index is 13.5. The van der Waals surface area contributed by atoms with Crippen LogP contribution >= 0.6 is 11.6 Å². The fourth-order valence-corrected chi connectivity index (χ4v) is 2.03. The topological polar surface area (TPSA) is 66.4 Å². The summed E-state index contributed by atoms with van der Waals surface area (Å²) in [5.74, 6) is -2.13. The Bertz CT molecular complexity index is 485. The van der Waals surface area contributed by atoms with E-state index in [4.69, 9.17) is 16.7 Å². The molecule has 0 radical (unpaired) electrons. The Labute approximate surface area is 121 Å². The number of hydrogen-bond acceptors (Lipinski definition) is 2. The van der Waals surface area contributed by atoms with Crippen molar-refractivity contribution in [3.63, 3.8) is 0 Å². The van der Waals surface area contributed by atoms with Crippen LogP contribution in [0.4, 0.5) is 4.39 Å². The quantitative estimate of drug-likeness (QED) is 0.849. The molecule has 0 aliphatic carbocycles. The molecule has 20 heavy (non-hydrogen) atoms. The van der Waals surface area contributed by atoms with Crippen LogP contribution in [0.5, 0.6) is 0 Å². The lowest BCUT2D eigenvalue weighted by Gasteiger charge is -2.16. The maximum Gasteiger partial charge on any atom is 0.326 e. The molecule has 2 N–H and O–H groups in total. The summed E-state index contributed by atoms with van der Waals surface area (Å²) >= 11 is 5.82. The van der Waals surface area contributed by atoms with Gasteiger partial charge in [0.15, 0.2) is 0 Å². The Morgan fingerprint density at radius 3 is 2.55 bits per heavy atom. The summed E-state index contributed by atoms with van der Waals surface area (Å²) in [7, 11) is 0. The average Bonchev–Trinajstić information content (AvgIpc) is 2.32. The van der Waals surface area contributed by atoms with E-state index in [1.165, 1.54) is 18.2 Å². The zero-order valence-corrected chi connectivity index (χ0v) is 12.1. The molecule has 0 bridgehead atoms. The molecule has 1 amide bonds. The minimum atomic E-state index is -1.10. The SMILES string of the molecule is CC(C)C[C@H](NC(=O)Cc1c(F)cccc1Cl)C(=O)O. The Morgan fingerprint density at radius 2 is 2.05 bits per heavy atom. The van der Waals surface area contributed by atoms with Crippen molar-refractivity contribution < 1.29 is 19.1 Å². The van der Waals surface area contributed by atoms with Crippen molar-refractivity contribution in [3.05, 3.63) is 34.6 Å². The first-order valence-electron chi connectivity index (χ1n) is 6.26. The molecule has 0 saturated carbocycles. The van der Waals surface area contributed by atoms with Crippen LogP contribution in [0.2, 0.25) is 5.02 Å². The summed E-state index contributed by atoms with van der Waals surface area (Å²) in [6, 6.07) is 3.15. The molecule has 0 aliphatic rings. The molecular weight excluding hydrogens is 285 g/mol. The maximum atomic E-state index is 13.5. The molecule has 0 spiro atoms. The molecule has 0 unspecified atom stereocenters. The van der Waals surface area contributed by atoms with Gasteiger partial charge in [-0.15, -0.1) is 0 Å². The number of amides is 1. The van der Waals surface area contributed by atoms with E-state index < -0.39 is 23.7 Å². The molecule has 0 heterocycles. The van der Waals surface area contributed by atoms with Crippen LogP contribution in [0.15, 0.2) is 18.2 Å². The summed E-state index contributed by atoms with van der Waals surface area (Å²) in [5, 5.41) is 11.6. The third kappa shape index (κ3) is 4.81. The van der Waals surface area contributed by atoms with E-state index in [0.29, 0.717) is 6.42 Å². The fraction of sp³-hybridized carbons (Fsp3) is 0.429. The Balaban J connectivity index is 2.73. The molecule has 1 rings (SSSR count). The van der Waals surface area contributed by atoms with Crippen molar-refractivity contribution in [2.45, 2.75) is 32.7 Å². The van der Waals surface area contributed by atoms with E-state index in [0.717, 1.165) is 0 Å². The number of nitrogens with one attached hydrogen (secondary N) is 1. The molecule has 4 nitrogen and oxygen atoms in total. The molecule has 110 valence electrons. The minimum Gasteiger partial charge on any atom is -0.480 e. The molecule has 1 atom stereocenters. The standard InChI is InChI=1S/C14H17ClFNO3/c1-8(2)6-12(14(19)20)17-13(18)7-9-10(15)4-3-5-11(9)16/h3-5,8,12H,6-7H2,1-2H3,(H,17,18)(H,19,20)/t12-/m0/s1. The van der Waals surface area contributed by atoms with E-state index in [2.05, 4.69) is 5.32 Å². The van der Waals surface area contributed by atoms with Crippen LogP contribution < -0.4 is 5.32 Å².